The number of nitrogens with zero attached hydrogens (tertiary/aromatic N) is 4. The largest absolute Gasteiger partial charge is 0.497 e. The third-order valence-electron chi connectivity index (χ3n) is 4.82. The second-order valence-corrected chi connectivity index (χ2v) is 6.95. The van der Waals surface area contributed by atoms with Crippen LogP contribution in [0.5, 0.6) is 5.75 Å². The quantitative estimate of drug-likeness (QED) is 0.516. The molecule has 0 bridgehead atoms. The number of benzene rings is 2. The summed E-state index contributed by atoms with van der Waals surface area (Å²) in [6.45, 7) is 1.70. The summed E-state index contributed by atoms with van der Waals surface area (Å²) in [7, 11) is 1.60. The molecule has 0 aliphatic rings. The average Bonchev–Trinajstić information content (AvgIpc) is 3.09. The molecule has 0 unspecified atom stereocenters. The van der Waals surface area contributed by atoms with E-state index in [1.807, 2.05) is 24.3 Å². The van der Waals surface area contributed by atoms with E-state index < -0.39 is 5.69 Å². The predicted octanol–water partition coefficient (Wildman–Crippen LogP) is 2.33. The first-order valence-corrected chi connectivity index (χ1v) is 9.57. The van der Waals surface area contributed by atoms with E-state index in [1.54, 1.807) is 32.2 Å². The van der Waals surface area contributed by atoms with E-state index in [4.69, 9.17) is 4.74 Å². The molecule has 2 aromatic heterocycles. The number of carbonyl (C=O) groups is 1. The molecule has 1 amide bonds. The van der Waals surface area contributed by atoms with Crippen molar-refractivity contribution in [1.82, 2.24) is 24.5 Å². The van der Waals surface area contributed by atoms with Gasteiger partial charge in [0.2, 0.25) is 5.91 Å². The zero-order valence-corrected chi connectivity index (χ0v) is 17.0. The molecule has 2 aromatic carbocycles. The number of aryl methyl sites for hydroxylation is 1. The first kappa shape index (κ1) is 20.3. The van der Waals surface area contributed by atoms with Crippen LogP contribution in [0.2, 0.25) is 0 Å². The summed E-state index contributed by atoms with van der Waals surface area (Å²) in [4.78, 5) is 29.5. The lowest BCUT2D eigenvalue weighted by Crippen LogP contribution is -2.32. The lowest BCUT2D eigenvalue weighted by atomic mass is 10.1. The van der Waals surface area contributed by atoms with Crippen LogP contribution in [0.4, 0.5) is 4.39 Å². The fourth-order valence-corrected chi connectivity index (χ4v) is 3.21. The first-order chi connectivity index (χ1) is 14.9. The highest BCUT2D eigenvalue weighted by molar-refractivity contribution is 5.75. The number of hydrogen-bond acceptors (Lipinski definition) is 5. The van der Waals surface area contributed by atoms with Gasteiger partial charge in [-0.2, -0.15) is 0 Å². The maximum Gasteiger partial charge on any atom is 0.352 e. The highest BCUT2D eigenvalue weighted by atomic mass is 19.1. The lowest BCUT2D eigenvalue weighted by molar-refractivity contribution is -0.122. The smallest absolute Gasteiger partial charge is 0.352 e. The molecule has 1 N–H and O–H groups in total. The second-order valence-electron chi connectivity index (χ2n) is 6.95. The number of ether oxygens (including phenoxy) is 1. The molecule has 4 aromatic rings. The lowest BCUT2D eigenvalue weighted by Gasteiger charge is -2.05. The molecule has 9 heteroatoms. The summed E-state index contributed by atoms with van der Waals surface area (Å²) in [6.07, 6.45) is 0. The van der Waals surface area contributed by atoms with E-state index in [0.29, 0.717) is 17.2 Å². The van der Waals surface area contributed by atoms with Crippen LogP contribution in [0, 0.1) is 12.7 Å². The number of aromatic nitrogens is 4. The van der Waals surface area contributed by atoms with Gasteiger partial charge in [-0.3, -0.25) is 4.79 Å². The van der Waals surface area contributed by atoms with Crippen molar-refractivity contribution in [3.8, 4) is 17.0 Å². The fraction of sp³-hybridized carbons (Fsp3) is 0.182. The van der Waals surface area contributed by atoms with Gasteiger partial charge in [0, 0.05) is 18.2 Å². The Labute approximate surface area is 176 Å². The Kier molecular flexibility index (Phi) is 5.48. The predicted molar refractivity (Wildman–Crippen MR) is 112 cm³/mol. The molecule has 0 aliphatic heterocycles. The molecule has 2 heterocycles. The highest BCUT2D eigenvalue weighted by Crippen LogP contribution is 2.21. The maximum atomic E-state index is 13.0. The fourth-order valence-electron chi connectivity index (χ4n) is 3.21. The Bertz CT molecular complexity index is 1290. The zero-order valence-electron chi connectivity index (χ0n) is 17.0. The van der Waals surface area contributed by atoms with Gasteiger partial charge in [-0.05, 0) is 48.9 Å². The van der Waals surface area contributed by atoms with E-state index in [0.717, 1.165) is 21.6 Å². The topological polar surface area (TPSA) is 90.5 Å². The van der Waals surface area contributed by atoms with Crippen molar-refractivity contribution in [1.29, 1.82) is 0 Å². The molecule has 0 aliphatic carbocycles. The van der Waals surface area contributed by atoms with E-state index in [2.05, 4.69) is 15.4 Å². The highest BCUT2D eigenvalue weighted by Gasteiger charge is 2.15. The van der Waals surface area contributed by atoms with Crippen molar-refractivity contribution in [3.63, 3.8) is 0 Å². The van der Waals surface area contributed by atoms with Crippen LogP contribution in [0.25, 0.3) is 16.9 Å². The first-order valence-electron chi connectivity index (χ1n) is 9.57. The number of nitrogens with one attached hydrogen (secondary N) is 1. The number of methoxy groups -OCH3 is 1. The van der Waals surface area contributed by atoms with Gasteiger partial charge in [-0.1, -0.05) is 12.1 Å². The molecular weight excluding hydrogens is 401 g/mol. The van der Waals surface area contributed by atoms with Crippen LogP contribution in [0.3, 0.4) is 0 Å². The van der Waals surface area contributed by atoms with Gasteiger partial charge < -0.3 is 10.1 Å². The van der Waals surface area contributed by atoms with Crippen molar-refractivity contribution in [2.24, 2.45) is 0 Å². The number of carbonyl (C=O) groups excluding carboxylic acids is 1. The Morgan fingerprint density at radius 2 is 1.84 bits per heavy atom. The Morgan fingerprint density at radius 3 is 2.52 bits per heavy atom. The van der Waals surface area contributed by atoms with E-state index in [9.17, 15) is 14.0 Å². The van der Waals surface area contributed by atoms with Gasteiger partial charge in [0.25, 0.3) is 0 Å². The molecule has 31 heavy (non-hydrogen) atoms. The minimum Gasteiger partial charge on any atom is -0.497 e. The van der Waals surface area contributed by atoms with Crippen LogP contribution in [0.1, 0.15) is 11.4 Å². The number of hydrogen-bond donors (Lipinski definition) is 1. The Balaban J connectivity index is 1.55. The number of amides is 1. The molecule has 0 radical (unpaired) electrons. The van der Waals surface area contributed by atoms with Gasteiger partial charge in [0.15, 0.2) is 5.65 Å². The zero-order chi connectivity index (χ0) is 22.0. The monoisotopic (exact) mass is 421 g/mol. The van der Waals surface area contributed by atoms with Crippen molar-refractivity contribution >= 4 is 11.6 Å². The molecule has 158 valence electrons. The number of halogens is 1. The normalized spacial score (nSPS) is 10.9. The average molecular weight is 421 g/mol. The van der Waals surface area contributed by atoms with Crippen molar-refractivity contribution in [3.05, 3.63) is 82.3 Å². The van der Waals surface area contributed by atoms with Crippen LogP contribution < -0.4 is 15.7 Å². The molecule has 8 nitrogen and oxygen atoms in total. The minimum absolute atomic E-state index is 0.226. The molecular formula is C22H20FN5O3. The SMILES string of the molecule is COc1ccc(-c2cc3nn(CC(=O)NCc4ccc(F)cc4)c(=O)n3c(C)n2)cc1. The van der Waals surface area contributed by atoms with Gasteiger partial charge in [-0.25, -0.2) is 23.3 Å². The summed E-state index contributed by atoms with van der Waals surface area (Å²) >= 11 is 0. The van der Waals surface area contributed by atoms with Gasteiger partial charge in [0.1, 0.15) is 23.9 Å². The molecule has 0 fully saturated rings. The summed E-state index contributed by atoms with van der Waals surface area (Å²) in [6, 6.07) is 14.9. The van der Waals surface area contributed by atoms with Gasteiger partial charge >= 0.3 is 5.69 Å². The van der Waals surface area contributed by atoms with Crippen LogP contribution >= 0.6 is 0 Å². The second kappa shape index (κ2) is 8.39. The summed E-state index contributed by atoms with van der Waals surface area (Å²) in [5.74, 6) is 0.472. The van der Waals surface area contributed by atoms with Crippen LogP contribution in [-0.4, -0.2) is 32.2 Å². The minimum atomic E-state index is -0.446. The molecule has 4 rings (SSSR count). The Hall–Kier alpha value is -4.01. The number of fused-ring (bicyclic) bond motifs is 1. The molecule has 0 saturated carbocycles. The third-order valence-corrected chi connectivity index (χ3v) is 4.82. The number of rotatable bonds is 6. The van der Waals surface area contributed by atoms with E-state index in [-0.39, 0.29) is 24.8 Å². The molecule has 0 spiro atoms. The van der Waals surface area contributed by atoms with Crippen LogP contribution in [0.15, 0.2) is 59.4 Å². The molecule has 0 saturated heterocycles. The summed E-state index contributed by atoms with van der Waals surface area (Å²) in [5, 5.41) is 6.99. The van der Waals surface area contributed by atoms with Gasteiger partial charge in [-0.15, -0.1) is 5.10 Å². The van der Waals surface area contributed by atoms with Gasteiger partial charge in [0.05, 0.1) is 12.8 Å². The van der Waals surface area contributed by atoms with E-state index in [1.165, 1.54) is 16.5 Å². The standard InChI is InChI=1S/C22H20FN5O3/c1-14-25-19(16-5-9-18(31-2)10-6-16)11-20-26-27(22(30)28(14)20)13-21(29)24-12-15-3-7-17(23)8-4-15/h3-11H,12-13H2,1-2H3,(H,24,29). The Morgan fingerprint density at radius 1 is 1.13 bits per heavy atom. The van der Waals surface area contributed by atoms with Crippen molar-refractivity contribution in [2.45, 2.75) is 20.0 Å². The van der Waals surface area contributed by atoms with Crippen molar-refractivity contribution < 1.29 is 13.9 Å². The van der Waals surface area contributed by atoms with Crippen LogP contribution in [-0.2, 0) is 17.9 Å². The van der Waals surface area contributed by atoms with E-state index >= 15 is 0 Å². The molecule has 0 atom stereocenters. The summed E-state index contributed by atoms with van der Waals surface area (Å²) < 4.78 is 20.6. The maximum absolute atomic E-state index is 13.0. The van der Waals surface area contributed by atoms with Crippen molar-refractivity contribution in [2.75, 3.05) is 7.11 Å². The third kappa shape index (κ3) is 4.30. The summed E-state index contributed by atoms with van der Waals surface area (Å²) in [5.41, 5.74) is 2.21.